The van der Waals surface area contributed by atoms with Gasteiger partial charge in [-0.2, -0.15) is 5.10 Å². The summed E-state index contributed by atoms with van der Waals surface area (Å²) in [6, 6.07) is 5.85. The van der Waals surface area contributed by atoms with E-state index in [1.165, 1.54) is 0 Å². The molecule has 4 heterocycles. The van der Waals surface area contributed by atoms with Gasteiger partial charge in [0.2, 0.25) is 5.91 Å². The molecule has 0 spiro atoms. The lowest BCUT2D eigenvalue weighted by atomic mass is 9.78. The van der Waals surface area contributed by atoms with E-state index in [1.54, 1.807) is 26.2 Å². The highest BCUT2D eigenvalue weighted by Gasteiger charge is 2.51. The highest BCUT2D eigenvalue weighted by molar-refractivity contribution is 5.97. The fourth-order valence-electron chi connectivity index (χ4n) is 4.44. The Bertz CT molecular complexity index is 695. The van der Waals surface area contributed by atoms with Crippen LogP contribution in [0.15, 0.2) is 23.3 Å². The van der Waals surface area contributed by atoms with Gasteiger partial charge >= 0.3 is 0 Å². The van der Waals surface area contributed by atoms with Crippen LogP contribution in [0.4, 0.5) is 0 Å². The summed E-state index contributed by atoms with van der Waals surface area (Å²) in [7, 11) is 3.27. The third-order valence-electron chi connectivity index (χ3n) is 5.50. The monoisotopic (exact) mass is 329 g/mol. The molecule has 0 aliphatic carbocycles. The number of hydrazone groups is 1. The summed E-state index contributed by atoms with van der Waals surface area (Å²) in [6.07, 6.45) is 2.28. The molecule has 2 unspecified atom stereocenters. The van der Waals surface area contributed by atoms with Crippen molar-refractivity contribution in [3.8, 4) is 11.5 Å². The van der Waals surface area contributed by atoms with Gasteiger partial charge in [-0.3, -0.25) is 9.69 Å². The smallest absolute Gasteiger partial charge is 0.240 e. The number of hydrogen-bond donors (Lipinski definition) is 0. The molecule has 24 heavy (non-hydrogen) atoms. The Morgan fingerprint density at radius 1 is 1.17 bits per heavy atom. The van der Waals surface area contributed by atoms with Crippen LogP contribution in [0.1, 0.15) is 31.4 Å². The maximum Gasteiger partial charge on any atom is 0.240 e. The summed E-state index contributed by atoms with van der Waals surface area (Å²) in [4.78, 5) is 14.8. The van der Waals surface area contributed by atoms with Gasteiger partial charge in [-0.05, 0) is 32.0 Å². The molecule has 0 aromatic heterocycles. The van der Waals surface area contributed by atoms with Crippen LogP contribution in [0, 0.1) is 5.92 Å². The Kier molecular flexibility index (Phi) is 3.72. The summed E-state index contributed by atoms with van der Waals surface area (Å²) >= 11 is 0. The lowest BCUT2D eigenvalue weighted by Gasteiger charge is -2.46. The van der Waals surface area contributed by atoms with Crippen LogP contribution in [0.3, 0.4) is 0 Å². The van der Waals surface area contributed by atoms with Crippen molar-refractivity contribution in [3.63, 3.8) is 0 Å². The molecule has 4 aliphatic heterocycles. The van der Waals surface area contributed by atoms with Gasteiger partial charge in [-0.1, -0.05) is 12.1 Å². The van der Waals surface area contributed by atoms with Gasteiger partial charge < -0.3 is 9.47 Å². The highest BCUT2D eigenvalue weighted by Crippen LogP contribution is 2.47. The fourth-order valence-corrected chi connectivity index (χ4v) is 4.44. The molecule has 1 aromatic rings. The molecule has 3 fully saturated rings. The van der Waals surface area contributed by atoms with Gasteiger partial charge in [-0.15, -0.1) is 0 Å². The van der Waals surface area contributed by atoms with Gasteiger partial charge in [0.25, 0.3) is 0 Å². The maximum absolute atomic E-state index is 12.3. The number of piperidine rings is 3. The van der Waals surface area contributed by atoms with Crippen molar-refractivity contribution in [1.29, 1.82) is 0 Å². The predicted octanol–water partition coefficient (Wildman–Crippen LogP) is 2.06. The molecular weight excluding hydrogens is 306 g/mol. The van der Waals surface area contributed by atoms with E-state index in [1.807, 2.05) is 18.2 Å². The van der Waals surface area contributed by atoms with Gasteiger partial charge in [0.1, 0.15) is 6.04 Å². The molecule has 2 bridgehead atoms. The van der Waals surface area contributed by atoms with Crippen LogP contribution in [0.25, 0.3) is 0 Å². The number of carbonyl (C=O) groups is 1. The number of rotatable bonds is 3. The number of benzene rings is 1. The van der Waals surface area contributed by atoms with Crippen LogP contribution in [-0.4, -0.2) is 54.9 Å². The van der Waals surface area contributed by atoms with E-state index in [-0.39, 0.29) is 18.0 Å². The zero-order valence-electron chi connectivity index (χ0n) is 14.4. The van der Waals surface area contributed by atoms with E-state index in [2.05, 4.69) is 4.90 Å². The van der Waals surface area contributed by atoms with Gasteiger partial charge in [0.05, 0.1) is 26.0 Å². The molecule has 5 rings (SSSR count). The second-order valence-electron chi connectivity index (χ2n) is 6.67. The summed E-state index contributed by atoms with van der Waals surface area (Å²) in [5, 5.41) is 6.39. The Labute approximate surface area is 142 Å². The molecule has 3 saturated heterocycles. The lowest BCUT2D eigenvalue weighted by molar-refractivity contribution is -0.131. The SMILES string of the molecule is COc1cccc(C2C3C(=NN2C(C)=O)C2CCN3CC2)c1OC. The molecule has 6 nitrogen and oxygen atoms in total. The largest absolute Gasteiger partial charge is 0.493 e. The van der Waals surface area contributed by atoms with Crippen LogP contribution in [0.5, 0.6) is 11.5 Å². The maximum atomic E-state index is 12.3. The zero-order chi connectivity index (χ0) is 16.8. The summed E-state index contributed by atoms with van der Waals surface area (Å²) in [5.74, 6) is 1.84. The average Bonchev–Trinajstić information content (AvgIpc) is 3.04. The summed E-state index contributed by atoms with van der Waals surface area (Å²) in [6.45, 7) is 3.73. The minimum Gasteiger partial charge on any atom is -0.493 e. The van der Waals surface area contributed by atoms with Crippen molar-refractivity contribution in [1.82, 2.24) is 9.91 Å². The van der Waals surface area contributed by atoms with E-state index in [0.29, 0.717) is 17.4 Å². The molecule has 0 saturated carbocycles. The fraction of sp³-hybridized carbons (Fsp3) is 0.556. The zero-order valence-corrected chi connectivity index (χ0v) is 14.4. The first-order valence-electron chi connectivity index (χ1n) is 8.48. The Balaban J connectivity index is 1.83. The lowest BCUT2D eigenvalue weighted by Crippen LogP contribution is -2.56. The molecule has 0 N–H and O–H groups in total. The first-order chi connectivity index (χ1) is 11.7. The Hall–Kier alpha value is -2.08. The van der Waals surface area contributed by atoms with Crippen molar-refractivity contribution in [2.24, 2.45) is 11.0 Å². The van der Waals surface area contributed by atoms with Crippen LogP contribution in [0.2, 0.25) is 0 Å². The number of fused-ring (bicyclic) bond motifs is 2. The predicted molar refractivity (Wildman–Crippen MR) is 90.3 cm³/mol. The van der Waals surface area contributed by atoms with Gasteiger partial charge in [-0.25, -0.2) is 5.01 Å². The Morgan fingerprint density at radius 2 is 1.92 bits per heavy atom. The normalized spacial score (nSPS) is 30.8. The van der Waals surface area contributed by atoms with Crippen molar-refractivity contribution in [3.05, 3.63) is 23.8 Å². The standard InChI is InChI=1S/C18H23N3O3/c1-11(22)21-16(13-5-4-6-14(23-2)18(13)24-3)17-15(19-21)12-7-9-20(17)10-8-12/h4-6,12,16-17H,7-10H2,1-3H3. The average molecular weight is 329 g/mol. The first kappa shape index (κ1) is 15.4. The number of nitrogens with zero attached hydrogens (tertiary/aromatic N) is 3. The van der Waals surface area contributed by atoms with Gasteiger partial charge in [0.15, 0.2) is 11.5 Å². The van der Waals surface area contributed by atoms with Crippen molar-refractivity contribution >= 4 is 11.6 Å². The second-order valence-corrected chi connectivity index (χ2v) is 6.67. The van der Waals surface area contributed by atoms with Crippen molar-refractivity contribution in [2.75, 3.05) is 27.3 Å². The van der Waals surface area contributed by atoms with Crippen LogP contribution >= 0.6 is 0 Å². The minimum absolute atomic E-state index is 0.0348. The number of ether oxygens (including phenoxy) is 2. The van der Waals surface area contributed by atoms with Gasteiger partial charge in [0, 0.05) is 18.4 Å². The van der Waals surface area contributed by atoms with Crippen molar-refractivity contribution < 1.29 is 14.3 Å². The third-order valence-corrected chi connectivity index (χ3v) is 5.50. The molecule has 2 atom stereocenters. The molecule has 128 valence electrons. The van der Waals surface area contributed by atoms with E-state index in [4.69, 9.17) is 14.6 Å². The third kappa shape index (κ3) is 2.13. The number of carbonyl (C=O) groups excluding carboxylic acids is 1. The summed E-state index contributed by atoms with van der Waals surface area (Å²) in [5.41, 5.74) is 2.13. The van der Waals surface area contributed by atoms with Crippen LogP contribution in [-0.2, 0) is 4.79 Å². The Morgan fingerprint density at radius 3 is 2.54 bits per heavy atom. The number of methoxy groups -OCH3 is 2. The quantitative estimate of drug-likeness (QED) is 0.852. The minimum atomic E-state index is -0.148. The van der Waals surface area contributed by atoms with E-state index < -0.39 is 0 Å². The molecule has 0 radical (unpaired) electrons. The molecule has 1 amide bonds. The van der Waals surface area contributed by atoms with E-state index >= 15 is 0 Å². The van der Waals surface area contributed by atoms with E-state index in [0.717, 1.165) is 37.2 Å². The molecular formula is C18H23N3O3. The first-order valence-corrected chi connectivity index (χ1v) is 8.48. The summed E-state index contributed by atoms with van der Waals surface area (Å²) < 4.78 is 11.1. The second kappa shape index (κ2) is 5.77. The molecule has 6 heteroatoms. The van der Waals surface area contributed by atoms with Crippen LogP contribution < -0.4 is 9.47 Å². The van der Waals surface area contributed by atoms with E-state index in [9.17, 15) is 4.79 Å². The topological polar surface area (TPSA) is 54.4 Å². The highest BCUT2D eigenvalue weighted by atomic mass is 16.5. The number of amides is 1. The van der Waals surface area contributed by atoms with Crippen molar-refractivity contribution in [2.45, 2.75) is 31.8 Å². The molecule has 1 aromatic carbocycles. The molecule has 4 aliphatic rings. The number of hydrogen-bond acceptors (Lipinski definition) is 5. The number of para-hydroxylation sites is 1.